The molecule has 1 N–H and O–H groups in total. The van der Waals surface area contributed by atoms with E-state index in [2.05, 4.69) is 52.9 Å². The monoisotopic (exact) mass is 464 g/mol. The Morgan fingerprint density at radius 3 is 2.56 bits per heavy atom. The molecule has 5 rings (SSSR count). The summed E-state index contributed by atoms with van der Waals surface area (Å²) in [6, 6.07) is 17.1. The summed E-state index contributed by atoms with van der Waals surface area (Å²) >= 11 is 12.3. The van der Waals surface area contributed by atoms with Gasteiger partial charge in [-0.1, -0.05) is 43.0 Å². The van der Waals surface area contributed by atoms with Gasteiger partial charge in [-0.2, -0.15) is 0 Å². The molecule has 0 spiro atoms. The topological polar surface area (TPSA) is 33.1 Å². The lowest BCUT2D eigenvalue weighted by Crippen LogP contribution is -2.40. The number of benzene rings is 1. The van der Waals surface area contributed by atoms with E-state index < -0.39 is 0 Å². The molecule has 0 radical (unpaired) electrons. The predicted molar refractivity (Wildman–Crippen MR) is 134 cm³/mol. The van der Waals surface area contributed by atoms with Crippen molar-refractivity contribution < 1.29 is 0 Å². The Kier molecular flexibility index (Phi) is 5.95. The van der Waals surface area contributed by atoms with Crippen molar-refractivity contribution >= 4 is 28.9 Å². The number of hydrogen-bond acceptors (Lipinski definition) is 2. The molecule has 166 valence electrons. The van der Waals surface area contributed by atoms with Crippen molar-refractivity contribution in [2.45, 2.75) is 64.1 Å². The zero-order valence-electron chi connectivity index (χ0n) is 18.6. The molecular weight excluding hydrogens is 436 g/mol. The molecule has 0 bridgehead atoms. The standard InChI is InChI=1S/C26H29ClN4S/c1-17-15-22(18(2)30(17)21-12-8-9-19(27)16-21)25-24(23-13-6-7-14-28-23)29-26(32)31(25)20-10-4-3-5-11-20/h6-9,12-16,20,24-25H,3-5,10-11H2,1-2H3,(H,29,32)/t24-,25-/m1/s1. The molecule has 1 saturated carbocycles. The minimum absolute atomic E-state index is 0.0268. The number of nitrogens with one attached hydrogen (secondary N) is 1. The average molecular weight is 465 g/mol. The molecule has 6 heteroatoms. The second kappa shape index (κ2) is 8.87. The largest absolute Gasteiger partial charge is 0.352 e. The highest BCUT2D eigenvalue weighted by Gasteiger charge is 2.44. The van der Waals surface area contributed by atoms with Gasteiger partial charge in [0, 0.05) is 34.3 Å². The van der Waals surface area contributed by atoms with E-state index in [0.29, 0.717) is 6.04 Å². The molecule has 2 fully saturated rings. The first-order valence-electron chi connectivity index (χ1n) is 11.5. The van der Waals surface area contributed by atoms with Crippen LogP contribution in [0.2, 0.25) is 5.02 Å². The van der Waals surface area contributed by atoms with Gasteiger partial charge >= 0.3 is 0 Å². The molecule has 0 unspecified atom stereocenters. The van der Waals surface area contributed by atoms with Crippen molar-refractivity contribution in [3.8, 4) is 5.69 Å². The molecular formula is C26H29ClN4S. The first-order chi connectivity index (χ1) is 15.5. The van der Waals surface area contributed by atoms with Crippen LogP contribution in [0.15, 0.2) is 54.7 Å². The summed E-state index contributed by atoms with van der Waals surface area (Å²) in [5, 5.41) is 5.23. The van der Waals surface area contributed by atoms with Gasteiger partial charge in [0.05, 0.1) is 17.8 Å². The number of thiocarbonyl (C=S) groups is 1. The molecule has 32 heavy (non-hydrogen) atoms. The summed E-state index contributed by atoms with van der Waals surface area (Å²) in [6.45, 7) is 4.37. The first kappa shape index (κ1) is 21.5. The maximum absolute atomic E-state index is 6.32. The van der Waals surface area contributed by atoms with E-state index in [1.54, 1.807) is 0 Å². The SMILES string of the molecule is Cc1cc([C@@H]2[C@@H](c3ccccn3)NC(=S)N2C2CCCCC2)c(C)n1-c1cccc(Cl)c1. The van der Waals surface area contributed by atoms with Gasteiger partial charge in [0.1, 0.15) is 0 Å². The quantitative estimate of drug-likeness (QED) is 0.450. The summed E-state index contributed by atoms with van der Waals surface area (Å²) < 4.78 is 2.30. The summed E-state index contributed by atoms with van der Waals surface area (Å²) in [5.74, 6) is 0. The van der Waals surface area contributed by atoms with E-state index >= 15 is 0 Å². The van der Waals surface area contributed by atoms with E-state index in [0.717, 1.165) is 21.5 Å². The fraction of sp³-hybridized carbons (Fsp3) is 0.385. The number of aromatic nitrogens is 2. The minimum Gasteiger partial charge on any atom is -0.352 e. The fourth-order valence-corrected chi connectivity index (χ4v) is 6.12. The Labute approximate surface area is 200 Å². The van der Waals surface area contributed by atoms with Crippen LogP contribution in [0, 0.1) is 13.8 Å². The van der Waals surface area contributed by atoms with Crippen molar-refractivity contribution in [3.63, 3.8) is 0 Å². The number of aryl methyl sites for hydroxylation is 1. The Balaban J connectivity index is 1.63. The van der Waals surface area contributed by atoms with E-state index in [-0.39, 0.29) is 12.1 Å². The van der Waals surface area contributed by atoms with Gasteiger partial charge in [-0.3, -0.25) is 4.98 Å². The number of nitrogens with zero attached hydrogens (tertiary/aromatic N) is 3. The van der Waals surface area contributed by atoms with Gasteiger partial charge in [-0.25, -0.2) is 0 Å². The molecule has 1 saturated heterocycles. The van der Waals surface area contributed by atoms with Crippen molar-refractivity contribution in [2.75, 3.05) is 0 Å². The van der Waals surface area contributed by atoms with Crippen LogP contribution < -0.4 is 5.32 Å². The van der Waals surface area contributed by atoms with Crippen molar-refractivity contribution in [3.05, 3.63) is 82.4 Å². The molecule has 3 aromatic rings. The van der Waals surface area contributed by atoms with Crippen LogP contribution >= 0.6 is 23.8 Å². The molecule has 2 atom stereocenters. The average Bonchev–Trinajstić information content (AvgIpc) is 3.30. The number of hydrogen-bond donors (Lipinski definition) is 1. The maximum Gasteiger partial charge on any atom is 0.170 e. The van der Waals surface area contributed by atoms with Crippen LogP contribution in [0.1, 0.15) is 66.8 Å². The lowest BCUT2D eigenvalue weighted by molar-refractivity contribution is 0.197. The first-order valence-corrected chi connectivity index (χ1v) is 12.3. The highest BCUT2D eigenvalue weighted by molar-refractivity contribution is 7.80. The third kappa shape index (κ3) is 3.82. The zero-order valence-corrected chi connectivity index (χ0v) is 20.2. The predicted octanol–water partition coefficient (Wildman–Crippen LogP) is 6.45. The third-order valence-electron chi connectivity index (χ3n) is 6.96. The van der Waals surface area contributed by atoms with E-state index in [1.807, 2.05) is 30.5 Å². The molecule has 3 heterocycles. The van der Waals surface area contributed by atoms with Crippen molar-refractivity contribution in [2.24, 2.45) is 0 Å². The lowest BCUT2D eigenvalue weighted by Gasteiger charge is -2.37. The third-order valence-corrected chi connectivity index (χ3v) is 7.52. The number of halogens is 1. The Morgan fingerprint density at radius 2 is 1.84 bits per heavy atom. The molecule has 1 aromatic carbocycles. The second-order valence-electron chi connectivity index (χ2n) is 8.97. The number of pyridine rings is 1. The molecule has 2 aromatic heterocycles. The highest BCUT2D eigenvalue weighted by Crippen LogP contribution is 2.44. The van der Waals surface area contributed by atoms with Crippen LogP contribution in [0.5, 0.6) is 0 Å². The smallest absolute Gasteiger partial charge is 0.170 e. The van der Waals surface area contributed by atoms with Gasteiger partial charge in [-0.15, -0.1) is 0 Å². The zero-order chi connectivity index (χ0) is 22.2. The van der Waals surface area contributed by atoms with Crippen LogP contribution in [0.3, 0.4) is 0 Å². The molecule has 1 aliphatic carbocycles. The minimum atomic E-state index is 0.0268. The molecule has 1 aliphatic heterocycles. The normalized spacial score (nSPS) is 21.7. The number of rotatable bonds is 4. The van der Waals surface area contributed by atoms with Crippen molar-refractivity contribution in [1.29, 1.82) is 0 Å². The van der Waals surface area contributed by atoms with Gasteiger partial charge in [-0.05, 0) is 80.9 Å². The summed E-state index contributed by atoms with van der Waals surface area (Å²) in [4.78, 5) is 7.19. The molecule has 4 nitrogen and oxygen atoms in total. The van der Waals surface area contributed by atoms with Gasteiger partial charge in [0.2, 0.25) is 0 Å². The van der Waals surface area contributed by atoms with E-state index in [9.17, 15) is 0 Å². The Morgan fingerprint density at radius 1 is 1.03 bits per heavy atom. The highest BCUT2D eigenvalue weighted by atomic mass is 35.5. The van der Waals surface area contributed by atoms with Gasteiger partial charge < -0.3 is 14.8 Å². The molecule has 2 aliphatic rings. The van der Waals surface area contributed by atoms with Gasteiger partial charge in [0.25, 0.3) is 0 Å². The van der Waals surface area contributed by atoms with Gasteiger partial charge in [0.15, 0.2) is 5.11 Å². The summed E-state index contributed by atoms with van der Waals surface area (Å²) in [6.07, 6.45) is 8.12. The maximum atomic E-state index is 6.32. The fourth-order valence-electron chi connectivity index (χ4n) is 5.55. The van der Waals surface area contributed by atoms with E-state index in [1.165, 1.54) is 49.1 Å². The molecule has 0 amide bonds. The van der Waals surface area contributed by atoms with Crippen LogP contribution in [-0.2, 0) is 0 Å². The summed E-state index contributed by atoms with van der Waals surface area (Å²) in [5.41, 5.74) is 5.84. The Bertz CT molecular complexity index is 1120. The second-order valence-corrected chi connectivity index (χ2v) is 9.79. The summed E-state index contributed by atoms with van der Waals surface area (Å²) in [7, 11) is 0. The van der Waals surface area contributed by atoms with Crippen LogP contribution in [0.25, 0.3) is 5.69 Å². The van der Waals surface area contributed by atoms with E-state index in [4.69, 9.17) is 28.8 Å². The lowest BCUT2D eigenvalue weighted by atomic mass is 9.90. The van der Waals surface area contributed by atoms with Crippen molar-refractivity contribution in [1.82, 2.24) is 19.8 Å². The van der Waals surface area contributed by atoms with Crippen LogP contribution in [-0.4, -0.2) is 25.6 Å². The van der Waals surface area contributed by atoms with Crippen LogP contribution in [0.4, 0.5) is 0 Å². The Hall–Kier alpha value is -2.37.